The molecule has 0 spiro atoms. The fraction of sp³-hybridized carbons (Fsp3) is 0.929. The van der Waals surface area contributed by atoms with Crippen LogP contribution in [0.4, 0.5) is 0 Å². The average molecular weight is 383 g/mol. The predicted octanol–water partition coefficient (Wildman–Crippen LogP) is -5.25. The first kappa shape index (κ1) is 21.4. The molecular formula is C14H25NO11. The first-order valence-corrected chi connectivity index (χ1v) is 8.06. The summed E-state index contributed by atoms with van der Waals surface area (Å²) in [6, 6.07) is -1.28. The molecule has 2 aliphatic heterocycles. The summed E-state index contributed by atoms with van der Waals surface area (Å²) < 4.78 is 15.7. The van der Waals surface area contributed by atoms with E-state index in [-0.39, 0.29) is 0 Å². The molecule has 0 radical (unpaired) electrons. The van der Waals surface area contributed by atoms with Crippen molar-refractivity contribution in [3.8, 4) is 0 Å². The molecule has 2 heterocycles. The topological polar surface area (TPSA) is 198 Å². The molecule has 8 N–H and O–H groups in total. The zero-order valence-electron chi connectivity index (χ0n) is 14.0. The van der Waals surface area contributed by atoms with Gasteiger partial charge in [-0.15, -0.1) is 0 Å². The highest BCUT2D eigenvalue weighted by Crippen LogP contribution is 2.28. The third-order valence-corrected chi connectivity index (χ3v) is 4.38. The fourth-order valence-electron chi connectivity index (χ4n) is 2.97. The normalized spacial score (nSPS) is 46.8. The van der Waals surface area contributed by atoms with Crippen LogP contribution in [-0.2, 0) is 19.0 Å². The van der Waals surface area contributed by atoms with Crippen molar-refractivity contribution in [2.24, 2.45) is 0 Å². The number of carbonyl (C=O) groups is 1. The molecule has 12 nitrogen and oxygen atoms in total. The van der Waals surface area contributed by atoms with E-state index >= 15 is 0 Å². The maximum atomic E-state index is 11.4. The maximum Gasteiger partial charge on any atom is 0.217 e. The molecule has 26 heavy (non-hydrogen) atoms. The molecule has 1 amide bonds. The summed E-state index contributed by atoms with van der Waals surface area (Å²) in [6.07, 6.45) is -13.7. The third kappa shape index (κ3) is 4.31. The van der Waals surface area contributed by atoms with E-state index in [0.29, 0.717) is 0 Å². The van der Waals surface area contributed by atoms with Crippen molar-refractivity contribution in [2.75, 3.05) is 13.2 Å². The van der Waals surface area contributed by atoms with Gasteiger partial charge in [0.15, 0.2) is 12.6 Å². The molecule has 0 bridgehead atoms. The largest absolute Gasteiger partial charge is 0.394 e. The van der Waals surface area contributed by atoms with Gasteiger partial charge in [-0.25, -0.2) is 0 Å². The summed E-state index contributed by atoms with van der Waals surface area (Å²) in [5, 5.41) is 70.7. The van der Waals surface area contributed by atoms with E-state index in [1.807, 2.05) is 0 Å². The Hall–Kier alpha value is -0.930. The van der Waals surface area contributed by atoms with Gasteiger partial charge in [-0.3, -0.25) is 4.79 Å². The van der Waals surface area contributed by atoms with E-state index in [2.05, 4.69) is 5.32 Å². The highest BCUT2D eigenvalue weighted by atomic mass is 16.7. The molecule has 10 atom stereocenters. The number of carbonyl (C=O) groups excluding carboxylic acids is 1. The lowest BCUT2D eigenvalue weighted by Gasteiger charge is -2.46. The summed E-state index contributed by atoms with van der Waals surface area (Å²) in [4.78, 5) is 11.4. The lowest BCUT2D eigenvalue weighted by Crippen LogP contribution is -2.67. The van der Waals surface area contributed by atoms with E-state index in [9.17, 15) is 40.5 Å². The number of ether oxygens (including phenoxy) is 3. The predicted molar refractivity (Wildman–Crippen MR) is 80.2 cm³/mol. The van der Waals surface area contributed by atoms with Gasteiger partial charge in [-0.2, -0.15) is 0 Å². The number of aliphatic hydroxyl groups is 7. The summed E-state index contributed by atoms with van der Waals surface area (Å²) in [7, 11) is 0. The molecule has 0 aromatic rings. The number of hydrogen-bond donors (Lipinski definition) is 8. The van der Waals surface area contributed by atoms with Gasteiger partial charge in [-0.1, -0.05) is 0 Å². The van der Waals surface area contributed by atoms with E-state index < -0.39 is 80.5 Å². The van der Waals surface area contributed by atoms with Crippen molar-refractivity contribution < 1.29 is 54.8 Å². The van der Waals surface area contributed by atoms with Gasteiger partial charge in [0.05, 0.1) is 13.2 Å². The maximum absolute atomic E-state index is 11.4. The van der Waals surface area contributed by atoms with Crippen molar-refractivity contribution in [2.45, 2.75) is 68.3 Å². The SMILES string of the molecule is CC(=O)N[C@@H]1[C@@H](O[C@H]2O[C@@H](CO)[C@@H](O)[C@@H](O)[C@@H]2O)[C@H](O)[C@@H](CO)O[C@H]1O. The molecule has 2 fully saturated rings. The van der Waals surface area contributed by atoms with Crippen molar-refractivity contribution >= 4 is 5.91 Å². The fourth-order valence-corrected chi connectivity index (χ4v) is 2.97. The monoisotopic (exact) mass is 383 g/mol. The van der Waals surface area contributed by atoms with Crippen LogP contribution in [0.2, 0.25) is 0 Å². The molecular weight excluding hydrogens is 358 g/mol. The summed E-state index contributed by atoms with van der Waals surface area (Å²) >= 11 is 0. The molecule has 0 aliphatic carbocycles. The molecule has 0 aromatic heterocycles. The minimum Gasteiger partial charge on any atom is -0.394 e. The standard InChI is InChI=1S/C14H25NO11/c1-4(18)15-7-12(9(20)6(3-17)24-13(7)23)26-14-11(22)10(21)8(19)5(2-16)25-14/h5-14,16-17,19-23H,2-3H2,1H3,(H,15,18)/t5-,6+,7+,8+,9+,10+,11-,12+,13+,14+/m0/s1. The Bertz CT molecular complexity index is 478. The molecule has 152 valence electrons. The van der Waals surface area contributed by atoms with Crippen LogP contribution in [0.1, 0.15) is 6.92 Å². The van der Waals surface area contributed by atoms with Crippen LogP contribution in [-0.4, -0.2) is 116 Å². The van der Waals surface area contributed by atoms with E-state index in [1.54, 1.807) is 0 Å². The van der Waals surface area contributed by atoms with Gasteiger partial charge < -0.3 is 55.3 Å². The van der Waals surface area contributed by atoms with Crippen LogP contribution < -0.4 is 5.32 Å². The quantitative estimate of drug-likeness (QED) is 0.226. The zero-order valence-corrected chi connectivity index (χ0v) is 14.0. The van der Waals surface area contributed by atoms with Gasteiger partial charge >= 0.3 is 0 Å². The number of aliphatic hydroxyl groups excluding tert-OH is 7. The van der Waals surface area contributed by atoms with Crippen LogP contribution >= 0.6 is 0 Å². The molecule has 2 aliphatic rings. The second-order valence-corrected chi connectivity index (χ2v) is 6.26. The molecule has 0 saturated carbocycles. The molecule has 12 heteroatoms. The van der Waals surface area contributed by atoms with E-state index in [0.717, 1.165) is 6.92 Å². The smallest absolute Gasteiger partial charge is 0.217 e. The Labute approximate surface area is 148 Å². The molecule has 2 rings (SSSR count). The molecule has 0 unspecified atom stereocenters. The van der Waals surface area contributed by atoms with Crippen LogP contribution in [0.5, 0.6) is 0 Å². The van der Waals surface area contributed by atoms with Gasteiger partial charge in [0.2, 0.25) is 5.91 Å². The van der Waals surface area contributed by atoms with Crippen LogP contribution in [0.15, 0.2) is 0 Å². The van der Waals surface area contributed by atoms with E-state index in [1.165, 1.54) is 0 Å². The average Bonchev–Trinajstić information content (AvgIpc) is 2.60. The Morgan fingerprint density at radius 1 is 0.923 bits per heavy atom. The third-order valence-electron chi connectivity index (χ3n) is 4.38. The minimum atomic E-state index is -1.74. The summed E-state index contributed by atoms with van der Waals surface area (Å²) in [6.45, 7) is -0.195. The Morgan fingerprint density at radius 3 is 2.04 bits per heavy atom. The first-order chi connectivity index (χ1) is 12.2. The Kier molecular flexibility index (Phi) is 7.27. The first-order valence-electron chi connectivity index (χ1n) is 8.06. The lowest BCUT2D eigenvalue weighted by molar-refractivity contribution is -0.341. The van der Waals surface area contributed by atoms with Crippen molar-refractivity contribution in [3.63, 3.8) is 0 Å². The van der Waals surface area contributed by atoms with Gasteiger partial charge in [0, 0.05) is 6.92 Å². The van der Waals surface area contributed by atoms with Gasteiger partial charge in [0.1, 0.15) is 48.8 Å². The van der Waals surface area contributed by atoms with Crippen LogP contribution in [0.3, 0.4) is 0 Å². The molecule has 2 saturated heterocycles. The second-order valence-electron chi connectivity index (χ2n) is 6.26. The van der Waals surface area contributed by atoms with Crippen LogP contribution in [0.25, 0.3) is 0 Å². The summed E-state index contributed by atoms with van der Waals surface area (Å²) in [5.74, 6) is -0.574. The lowest BCUT2D eigenvalue weighted by atomic mass is 9.95. The van der Waals surface area contributed by atoms with Crippen molar-refractivity contribution in [1.82, 2.24) is 5.32 Å². The Balaban J connectivity index is 2.21. The Morgan fingerprint density at radius 2 is 1.50 bits per heavy atom. The number of hydrogen-bond acceptors (Lipinski definition) is 11. The highest BCUT2D eigenvalue weighted by molar-refractivity contribution is 5.73. The minimum absolute atomic E-state index is 0.574. The van der Waals surface area contributed by atoms with Crippen LogP contribution in [0, 0.1) is 0 Å². The number of amides is 1. The van der Waals surface area contributed by atoms with E-state index in [4.69, 9.17) is 14.2 Å². The number of rotatable bonds is 5. The summed E-state index contributed by atoms with van der Waals surface area (Å²) in [5.41, 5.74) is 0. The van der Waals surface area contributed by atoms with Gasteiger partial charge in [-0.05, 0) is 0 Å². The number of nitrogens with one attached hydrogen (secondary N) is 1. The van der Waals surface area contributed by atoms with Crippen molar-refractivity contribution in [1.29, 1.82) is 0 Å². The second kappa shape index (κ2) is 8.84. The highest BCUT2D eigenvalue weighted by Gasteiger charge is 2.50. The zero-order chi connectivity index (χ0) is 19.6. The molecule has 0 aromatic carbocycles. The van der Waals surface area contributed by atoms with Gasteiger partial charge in [0.25, 0.3) is 0 Å². The van der Waals surface area contributed by atoms with Crippen molar-refractivity contribution in [3.05, 3.63) is 0 Å².